The van der Waals surface area contributed by atoms with Crippen molar-refractivity contribution in [2.75, 3.05) is 6.61 Å². The van der Waals surface area contributed by atoms with Crippen molar-refractivity contribution in [2.45, 2.75) is 94.8 Å². The van der Waals surface area contributed by atoms with Crippen molar-refractivity contribution in [3.63, 3.8) is 0 Å². The molecule has 0 spiro atoms. The molecule has 0 aromatic carbocycles. The van der Waals surface area contributed by atoms with Crippen LogP contribution >= 0.6 is 0 Å². The van der Waals surface area contributed by atoms with Gasteiger partial charge in [-0.3, -0.25) is 4.90 Å². The summed E-state index contributed by atoms with van der Waals surface area (Å²) in [7, 11) is 0. The van der Waals surface area contributed by atoms with Crippen LogP contribution in [0.4, 0.5) is 0 Å². The van der Waals surface area contributed by atoms with Crippen LogP contribution in [0, 0.1) is 0 Å². The van der Waals surface area contributed by atoms with Gasteiger partial charge in [-0.1, -0.05) is 32.1 Å². The second kappa shape index (κ2) is 6.85. The number of aliphatic hydroxyl groups excluding tert-OH is 1. The van der Waals surface area contributed by atoms with E-state index in [0.29, 0.717) is 24.2 Å². The number of rotatable bonds is 4. The molecule has 3 fully saturated rings. The van der Waals surface area contributed by atoms with Gasteiger partial charge in [0.2, 0.25) is 0 Å². The van der Waals surface area contributed by atoms with Crippen LogP contribution < -0.4 is 0 Å². The summed E-state index contributed by atoms with van der Waals surface area (Å²) >= 11 is 0. The summed E-state index contributed by atoms with van der Waals surface area (Å²) in [4.78, 5) is 2.57. The lowest BCUT2D eigenvalue weighted by Gasteiger charge is -2.35. The van der Waals surface area contributed by atoms with Crippen LogP contribution in [0.15, 0.2) is 0 Å². The van der Waals surface area contributed by atoms with Gasteiger partial charge in [0, 0.05) is 12.1 Å². The number of likely N-dealkylation sites (tertiary alicyclic amines) is 1. The van der Waals surface area contributed by atoms with E-state index in [1.54, 1.807) is 0 Å². The first-order chi connectivity index (χ1) is 11.4. The average Bonchev–Trinajstić information content (AvgIpc) is 3.33. The van der Waals surface area contributed by atoms with Gasteiger partial charge in [0.25, 0.3) is 0 Å². The molecular formula is C17H29N5O. The maximum absolute atomic E-state index is 9.83. The zero-order valence-electron chi connectivity index (χ0n) is 14.0. The van der Waals surface area contributed by atoms with Crippen LogP contribution in [0.5, 0.6) is 0 Å². The second-order valence-corrected chi connectivity index (χ2v) is 7.59. The van der Waals surface area contributed by atoms with E-state index in [1.807, 2.05) is 0 Å². The van der Waals surface area contributed by atoms with Crippen molar-refractivity contribution >= 4 is 0 Å². The summed E-state index contributed by atoms with van der Waals surface area (Å²) in [6.07, 6.45) is 13.6. The first kappa shape index (κ1) is 15.5. The van der Waals surface area contributed by atoms with Crippen LogP contribution in [0.25, 0.3) is 0 Å². The Morgan fingerprint density at radius 1 is 0.870 bits per heavy atom. The predicted molar refractivity (Wildman–Crippen MR) is 86.9 cm³/mol. The first-order valence-electron chi connectivity index (χ1n) is 9.54. The van der Waals surface area contributed by atoms with Gasteiger partial charge >= 0.3 is 0 Å². The Morgan fingerprint density at radius 2 is 1.57 bits per heavy atom. The molecule has 128 valence electrons. The summed E-state index contributed by atoms with van der Waals surface area (Å²) < 4.78 is 2.13. The highest BCUT2D eigenvalue weighted by molar-refractivity contribution is 5.04. The Morgan fingerprint density at radius 3 is 2.30 bits per heavy atom. The zero-order valence-corrected chi connectivity index (χ0v) is 14.0. The van der Waals surface area contributed by atoms with E-state index in [-0.39, 0.29) is 6.61 Å². The Hall–Kier alpha value is -1.01. The molecule has 6 heteroatoms. The standard InChI is InChI=1S/C17H29N5O/c23-12-15-10-11-16(21(15)13-6-4-5-7-13)17-18-19-20-22(17)14-8-2-1-3-9-14/h13-16,23H,1-12H2/t15-,16+/m0/s1. The van der Waals surface area contributed by atoms with Crippen molar-refractivity contribution in [1.29, 1.82) is 0 Å². The molecule has 1 aromatic rings. The Balaban J connectivity index is 1.59. The largest absolute Gasteiger partial charge is 0.395 e. The molecule has 1 aromatic heterocycles. The third-order valence-corrected chi connectivity index (χ3v) is 6.25. The second-order valence-electron chi connectivity index (χ2n) is 7.59. The van der Waals surface area contributed by atoms with E-state index in [2.05, 4.69) is 25.1 Å². The van der Waals surface area contributed by atoms with Crippen LogP contribution in [0.3, 0.4) is 0 Å². The zero-order chi connectivity index (χ0) is 15.6. The molecule has 0 unspecified atom stereocenters. The van der Waals surface area contributed by atoms with Gasteiger partial charge in [-0.2, -0.15) is 0 Å². The monoisotopic (exact) mass is 319 g/mol. The molecule has 1 saturated heterocycles. The van der Waals surface area contributed by atoms with E-state index in [9.17, 15) is 5.11 Å². The van der Waals surface area contributed by atoms with Crippen LogP contribution in [-0.2, 0) is 0 Å². The molecule has 2 heterocycles. The molecular weight excluding hydrogens is 290 g/mol. The van der Waals surface area contributed by atoms with Crippen LogP contribution in [-0.4, -0.2) is 48.9 Å². The Labute approximate surface area is 138 Å². The first-order valence-corrected chi connectivity index (χ1v) is 9.54. The summed E-state index contributed by atoms with van der Waals surface area (Å²) in [6, 6.07) is 1.68. The molecule has 0 radical (unpaired) electrons. The third-order valence-electron chi connectivity index (χ3n) is 6.25. The quantitative estimate of drug-likeness (QED) is 0.924. The lowest BCUT2D eigenvalue weighted by atomic mass is 9.95. The number of aromatic nitrogens is 4. The molecule has 2 aliphatic carbocycles. The topological polar surface area (TPSA) is 67.1 Å². The minimum atomic E-state index is 0.262. The molecule has 0 amide bonds. The highest BCUT2D eigenvalue weighted by Crippen LogP contribution is 2.42. The number of aliphatic hydroxyl groups is 1. The molecule has 1 aliphatic heterocycles. The van der Waals surface area contributed by atoms with E-state index in [1.165, 1.54) is 57.8 Å². The van der Waals surface area contributed by atoms with Gasteiger partial charge in [0.05, 0.1) is 18.7 Å². The normalized spacial score (nSPS) is 31.2. The molecule has 3 aliphatic rings. The maximum atomic E-state index is 9.83. The van der Waals surface area contributed by atoms with Crippen molar-refractivity contribution in [1.82, 2.24) is 25.1 Å². The van der Waals surface area contributed by atoms with Gasteiger partial charge in [-0.05, 0) is 49.0 Å². The van der Waals surface area contributed by atoms with Crippen molar-refractivity contribution in [3.8, 4) is 0 Å². The van der Waals surface area contributed by atoms with Gasteiger partial charge in [-0.15, -0.1) is 5.10 Å². The summed E-state index contributed by atoms with van der Waals surface area (Å²) in [5.74, 6) is 1.06. The minimum Gasteiger partial charge on any atom is -0.395 e. The fourth-order valence-electron chi connectivity index (χ4n) is 5.11. The molecule has 4 rings (SSSR count). The van der Waals surface area contributed by atoms with Gasteiger partial charge in [0.1, 0.15) is 0 Å². The Kier molecular flexibility index (Phi) is 4.62. The fourth-order valence-corrected chi connectivity index (χ4v) is 5.11. The van der Waals surface area contributed by atoms with E-state index >= 15 is 0 Å². The summed E-state index contributed by atoms with van der Waals surface area (Å²) in [5, 5.41) is 22.7. The van der Waals surface area contributed by atoms with Crippen LogP contribution in [0.1, 0.15) is 88.5 Å². The van der Waals surface area contributed by atoms with Crippen LogP contribution in [0.2, 0.25) is 0 Å². The van der Waals surface area contributed by atoms with E-state index in [0.717, 1.165) is 18.7 Å². The SMILES string of the molecule is OC[C@@H]1CC[C@H](c2nnnn2C2CCCCC2)N1C1CCCC1. The third kappa shape index (κ3) is 2.91. The molecule has 2 saturated carbocycles. The number of tetrazole rings is 1. The van der Waals surface area contributed by atoms with Crippen molar-refractivity contribution in [3.05, 3.63) is 5.82 Å². The highest BCUT2D eigenvalue weighted by Gasteiger charge is 2.42. The fraction of sp³-hybridized carbons (Fsp3) is 0.941. The minimum absolute atomic E-state index is 0.262. The lowest BCUT2D eigenvalue weighted by Crippen LogP contribution is -2.42. The molecule has 6 nitrogen and oxygen atoms in total. The van der Waals surface area contributed by atoms with Crippen molar-refractivity contribution < 1.29 is 5.11 Å². The number of nitrogens with zero attached hydrogens (tertiary/aromatic N) is 5. The Bertz CT molecular complexity index is 507. The van der Waals surface area contributed by atoms with Gasteiger partial charge in [-0.25, -0.2) is 4.68 Å². The number of hydrogen-bond acceptors (Lipinski definition) is 5. The highest BCUT2D eigenvalue weighted by atomic mass is 16.3. The summed E-state index contributed by atoms with van der Waals surface area (Å²) in [5.41, 5.74) is 0. The molecule has 1 N–H and O–H groups in total. The van der Waals surface area contributed by atoms with E-state index in [4.69, 9.17) is 0 Å². The smallest absolute Gasteiger partial charge is 0.168 e. The molecule has 23 heavy (non-hydrogen) atoms. The number of hydrogen-bond donors (Lipinski definition) is 1. The van der Waals surface area contributed by atoms with E-state index < -0.39 is 0 Å². The maximum Gasteiger partial charge on any atom is 0.168 e. The average molecular weight is 319 g/mol. The summed E-state index contributed by atoms with van der Waals surface area (Å²) in [6.45, 7) is 0.262. The predicted octanol–water partition coefficient (Wildman–Crippen LogP) is 2.62. The molecule has 2 atom stereocenters. The molecule has 0 bridgehead atoms. The van der Waals surface area contributed by atoms with Gasteiger partial charge in [0.15, 0.2) is 5.82 Å². The lowest BCUT2D eigenvalue weighted by molar-refractivity contribution is 0.0806. The van der Waals surface area contributed by atoms with Gasteiger partial charge < -0.3 is 5.11 Å². The van der Waals surface area contributed by atoms with Crippen molar-refractivity contribution in [2.24, 2.45) is 0 Å².